The number of carbonyl (C=O) groups is 5. The van der Waals surface area contributed by atoms with E-state index in [1.807, 2.05) is 13.8 Å². The van der Waals surface area contributed by atoms with Crippen molar-refractivity contribution in [1.82, 2.24) is 4.90 Å². The zero-order valence-electron chi connectivity index (χ0n) is 35.9. The number of hydrogen-bond donors (Lipinski definition) is 2. The van der Waals surface area contributed by atoms with Crippen molar-refractivity contribution >= 4 is 30.0 Å². The Morgan fingerprint density at radius 2 is 1.71 bits per heavy atom. The van der Waals surface area contributed by atoms with Crippen LogP contribution in [0.4, 0.5) is 0 Å². The molecule has 16 heteroatoms. The molecule has 2 fully saturated rings. The number of hydrogen-bond acceptors (Lipinski definition) is 16. The van der Waals surface area contributed by atoms with E-state index in [1.165, 1.54) is 20.1 Å². The van der Waals surface area contributed by atoms with E-state index in [0.717, 1.165) is 0 Å². The minimum atomic E-state index is -1.51. The van der Waals surface area contributed by atoms with Gasteiger partial charge in [-0.1, -0.05) is 39.0 Å². The Morgan fingerprint density at radius 1 is 1.02 bits per heavy atom. The molecule has 0 aromatic carbocycles. The van der Waals surface area contributed by atoms with Crippen LogP contribution in [-0.2, 0) is 61.9 Å². The molecule has 3 aliphatic rings. The number of aliphatic hydroxyl groups excluding tert-OH is 1. The Hall–Kier alpha value is -3.09. The molecule has 0 saturated carbocycles. The first kappa shape index (κ1) is 49.3. The zero-order valence-corrected chi connectivity index (χ0v) is 35.9. The number of likely N-dealkylation sites (N-methyl/N-ethyl adjacent to an activating group) is 1. The Labute approximate surface area is 342 Å². The summed E-state index contributed by atoms with van der Waals surface area (Å²) in [6.07, 6.45) is -4.02. The van der Waals surface area contributed by atoms with Crippen molar-refractivity contribution < 1.29 is 72.1 Å². The SMILES string of the molecule is COC1[C@@H](O[C@@H]2O[C@H](C)[C@@H](O[C@H]3C[C@@](C)(O)[C@@H](OC(=O)CC(C)C)[C@H](C)O3)[C@H](N(C)C)[C@H]2O)[C@@H](CC=O)C[C@@H](C)C(=O)C=CC=CC[C@@H](C)OC(=O)C[C@H]1OC(C)=O. The molecule has 330 valence electrons. The van der Waals surface area contributed by atoms with Crippen LogP contribution in [0.3, 0.4) is 0 Å². The van der Waals surface area contributed by atoms with Gasteiger partial charge in [-0.25, -0.2) is 0 Å². The van der Waals surface area contributed by atoms with E-state index in [4.69, 9.17) is 37.9 Å². The van der Waals surface area contributed by atoms with E-state index in [-0.39, 0.29) is 37.4 Å². The molecular formula is C42H67NO15. The maximum atomic E-state index is 13.2. The Kier molecular flexibility index (Phi) is 19.1. The van der Waals surface area contributed by atoms with Gasteiger partial charge in [0.25, 0.3) is 0 Å². The largest absolute Gasteiger partial charge is 0.462 e. The van der Waals surface area contributed by atoms with E-state index >= 15 is 0 Å². The maximum Gasteiger partial charge on any atom is 0.309 e. The van der Waals surface area contributed by atoms with E-state index in [9.17, 15) is 34.2 Å². The number of carbonyl (C=O) groups excluding carboxylic acids is 5. The number of aliphatic hydroxyl groups is 2. The van der Waals surface area contributed by atoms with Gasteiger partial charge in [0.15, 0.2) is 24.5 Å². The second kappa shape index (κ2) is 22.5. The van der Waals surface area contributed by atoms with Crippen molar-refractivity contribution in [2.45, 2.75) is 173 Å². The molecule has 15 atom stereocenters. The second-order valence-electron chi connectivity index (χ2n) is 16.8. The molecule has 58 heavy (non-hydrogen) atoms. The first-order valence-corrected chi connectivity index (χ1v) is 20.3. The van der Waals surface area contributed by atoms with E-state index < -0.39 is 115 Å². The highest BCUT2D eigenvalue weighted by molar-refractivity contribution is 5.91. The Balaban J connectivity index is 1.98. The van der Waals surface area contributed by atoms with Gasteiger partial charge in [0.2, 0.25) is 0 Å². The number of rotatable bonds is 12. The molecule has 3 aliphatic heterocycles. The molecule has 16 nitrogen and oxygen atoms in total. The number of allylic oxidation sites excluding steroid dienone is 3. The van der Waals surface area contributed by atoms with Crippen molar-refractivity contribution in [2.24, 2.45) is 17.8 Å². The van der Waals surface area contributed by atoms with Crippen LogP contribution in [0.15, 0.2) is 24.3 Å². The Bertz CT molecular complexity index is 1430. The standard InChI is InChI=1S/C42H67NO15/c1-23(2)19-32(47)56-40-27(6)53-34(22-42(40,8)50)57-37-26(5)54-41(36(49)35(37)43(9)10)58-38-29(17-18-44)20-24(3)30(46)16-14-12-13-15-25(4)52-33(48)21-31(39(38)51-11)55-28(7)45/h12-14,16,18,23-27,29,31,34-41,49-50H,15,17,19-22H2,1-11H3/t24-,25-,26-,27+,29+,31-,34+,35-,36-,37-,38+,39?,40+,41+,42-/m1/s1. The fourth-order valence-electron chi connectivity index (χ4n) is 7.98. The molecule has 1 unspecified atom stereocenters. The highest BCUT2D eigenvalue weighted by Crippen LogP contribution is 2.37. The van der Waals surface area contributed by atoms with Gasteiger partial charge in [0, 0.05) is 45.6 Å². The third kappa shape index (κ3) is 14.0. The summed E-state index contributed by atoms with van der Waals surface area (Å²) >= 11 is 0. The lowest BCUT2D eigenvalue weighted by Crippen LogP contribution is -2.66. The van der Waals surface area contributed by atoms with Crippen molar-refractivity contribution in [3.05, 3.63) is 24.3 Å². The molecule has 0 aromatic heterocycles. The minimum Gasteiger partial charge on any atom is -0.462 e. The van der Waals surface area contributed by atoms with Crippen LogP contribution in [-0.4, -0.2) is 145 Å². The number of nitrogens with zero attached hydrogens (tertiary/aromatic N) is 1. The molecule has 0 radical (unpaired) electrons. The summed E-state index contributed by atoms with van der Waals surface area (Å²) < 4.78 is 48.4. The van der Waals surface area contributed by atoms with Crippen LogP contribution in [0, 0.1) is 17.8 Å². The number of aldehydes is 1. The van der Waals surface area contributed by atoms with Crippen LogP contribution in [0.2, 0.25) is 0 Å². The first-order valence-electron chi connectivity index (χ1n) is 20.3. The summed E-state index contributed by atoms with van der Waals surface area (Å²) in [5, 5.41) is 23.5. The maximum absolute atomic E-state index is 13.2. The summed E-state index contributed by atoms with van der Waals surface area (Å²) in [7, 11) is 4.82. The molecular weight excluding hydrogens is 758 g/mol. The zero-order chi connectivity index (χ0) is 43.5. The fourth-order valence-corrected chi connectivity index (χ4v) is 7.98. The van der Waals surface area contributed by atoms with E-state index in [1.54, 1.807) is 71.8 Å². The fraction of sp³-hybridized carbons (Fsp3) is 0.786. The smallest absolute Gasteiger partial charge is 0.309 e. The number of esters is 3. The van der Waals surface area contributed by atoms with Gasteiger partial charge in [-0.15, -0.1) is 0 Å². The predicted octanol–water partition coefficient (Wildman–Crippen LogP) is 3.22. The summed E-state index contributed by atoms with van der Waals surface area (Å²) in [5.41, 5.74) is -1.51. The predicted molar refractivity (Wildman–Crippen MR) is 209 cm³/mol. The summed E-state index contributed by atoms with van der Waals surface area (Å²) in [4.78, 5) is 65.4. The van der Waals surface area contributed by atoms with Crippen LogP contribution in [0.5, 0.6) is 0 Å². The van der Waals surface area contributed by atoms with Crippen LogP contribution >= 0.6 is 0 Å². The highest BCUT2D eigenvalue weighted by Gasteiger charge is 2.53. The number of cyclic esters (lactones) is 1. The number of ether oxygens (including phenoxy) is 8. The monoisotopic (exact) mass is 825 g/mol. The molecule has 2 N–H and O–H groups in total. The lowest BCUT2D eigenvalue weighted by atomic mass is 9.83. The minimum absolute atomic E-state index is 0.0531. The normalized spacial score (nSPS) is 38.3. The lowest BCUT2D eigenvalue weighted by Gasteiger charge is -2.50. The number of ketones is 1. The van der Waals surface area contributed by atoms with Gasteiger partial charge < -0.3 is 57.8 Å². The summed E-state index contributed by atoms with van der Waals surface area (Å²) in [6, 6.07) is -0.796. The van der Waals surface area contributed by atoms with Crippen molar-refractivity contribution in [3.63, 3.8) is 0 Å². The van der Waals surface area contributed by atoms with Crippen molar-refractivity contribution in [1.29, 1.82) is 0 Å². The molecule has 0 spiro atoms. The Morgan fingerprint density at radius 3 is 2.29 bits per heavy atom. The second-order valence-corrected chi connectivity index (χ2v) is 16.8. The van der Waals surface area contributed by atoms with Gasteiger partial charge in [0.1, 0.15) is 42.4 Å². The molecule has 0 aliphatic carbocycles. The van der Waals surface area contributed by atoms with Crippen LogP contribution in [0.1, 0.15) is 93.9 Å². The van der Waals surface area contributed by atoms with Gasteiger partial charge in [0.05, 0.1) is 30.8 Å². The molecule has 2 saturated heterocycles. The van der Waals surface area contributed by atoms with Gasteiger partial charge >= 0.3 is 17.9 Å². The molecule has 3 heterocycles. The highest BCUT2D eigenvalue weighted by atomic mass is 16.7. The number of methoxy groups -OCH3 is 1. The average Bonchev–Trinajstić information content (AvgIpc) is 3.09. The van der Waals surface area contributed by atoms with Crippen LogP contribution < -0.4 is 0 Å². The topological polar surface area (TPSA) is 203 Å². The molecule has 0 bridgehead atoms. The van der Waals surface area contributed by atoms with Crippen molar-refractivity contribution in [3.8, 4) is 0 Å². The summed E-state index contributed by atoms with van der Waals surface area (Å²) in [5.74, 6) is -3.31. The van der Waals surface area contributed by atoms with Gasteiger partial charge in [-0.3, -0.25) is 19.2 Å². The average molecular weight is 826 g/mol. The molecule has 0 aromatic rings. The molecule has 0 amide bonds. The lowest BCUT2D eigenvalue weighted by molar-refractivity contribution is -0.344. The van der Waals surface area contributed by atoms with Crippen molar-refractivity contribution in [2.75, 3.05) is 21.2 Å². The van der Waals surface area contributed by atoms with E-state index in [0.29, 0.717) is 12.7 Å². The quantitative estimate of drug-likeness (QED) is 0.165. The van der Waals surface area contributed by atoms with E-state index in [2.05, 4.69) is 0 Å². The first-order chi connectivity index (χ1) is 27.2. The van der Waals surface area contributed by atoms with Gasteiger partial charge in [-0.05, 0) is 66.1 Å². The van der Waals surface area contributed by atoms with Crippen LogP contribution in [0.25, 0.3) is 0 Å². The van der Waals surface area contributed by atoms with Gasteiger partial charge in [-0.2, -0.15) is 0 Å². The third-order valence-electron chi connectivity index (χ3n) is 10.8. The summed E-state index contributed by atoms with van der Waals surface area (Å²) in [6.45, 7) is 13.4. The molecule has 3 rings (SSSR count). The third-order valence-corrected chi connectivity index (χ3v) is 10.8.